The lowest BCUT2D eigenvalue weighted by molar-refractivity contribution is -0.143. The Hall–Kier alpha value is -1.40. The third kappa shape index (κ3) is 53.8. The summed E-state index contributed by atoms with van der Waals surface area (Å²) in [6.07, 6.45) is 67.8. The van der Waals surface area contributed by atoms with Gasteiger partial charge in [0.15, 0.2) is 0 Å². The van der Waals surface area contributed by atoms with E-state index in [2.05, 4.69) is 31.3 Å². The molecule has 2 unspecified atom stereocenters. The molecule has 0 aliphatic carbocycles. The van der Waals surface area contributed by atoms with Crippen molar-refractivity contribution in [3.05, 3.63) is 12.2 Å². The van der Waals surface area contributed by atoms with Crippen molar-refractivity contribution in [3.63, 3.8) is 0 Å². The van der Waals surface area contributed by atoms with E-state index in [1.54, 1.807) is 0 Å². The maximum absolute atomic E-state index is 12.5. The number of esters is 1. The molecule has 0 aromatic carbocycles. The quantitative estimate of drug-likeness (QED) is 0.0321. The van der Waals surface area contributed by atoms with Crippen LogP contribution >= 0.6 is 0 Å². The van der Waals surface area contributed by atoms with E-state index in [1.807, 2.05) is 0 Å². The predicted molar refractivity (Wildman–Crippen MR) is 292 cm³/mol. The maximum atomic E-state index is 12.5. The van der Waals surface area contributed by atoms with Crippen LogP contribution in [0.25, 0.3) is 0 Å². The number of aliphatic hydroxyl groups excluding tert-OH is 2. The summed E-state index contributed by atoms with van der Waals surface area (Å²) in [6.45, 7) is 4.96. The molecule has 398 valence electrons. The Kier molecular flexibility index (Phi) is 56.0. The lowest BCUT2D eigenvalue weighted by Gasteiger charge is -2.22. The minimum absolute atomic E-state index is 0.00518. The molecule has 0 aliphatic rings. The molecule has 3 N–H and O–H groups in total. The number of ether oxygens (including phenoxy) is 1. The Morgan fingerprint density at radius 1 is 0.403 bits per heavy atom. The van der Waals surface area contributed by atoms with Gasteiger partial charge in [0.05, 0.1) is 25.4 Å². The molecule has 0 aromatic heterocycles. The first-order valence-electron chi connectivity index (χ1n) is 30.4. The standard InChI is InChI=1S/C61H119NO5/c1-3-5-7-9-11-13-15-17-19-20-24-27-31-35-39-43-47-51-55-61(66)67-56-52-48-44-40-36-32-28-25-22-21-23-26-30-34-38-42-46-50-54-60(65)62-58(57-63)59(64)53-49-45-41-37-33-29-18-16-14-12-10-8-6-4-2/h19-20,58-59,63-64H,3-18,21-57H2,1-2H3,(H,62,65)/b20-19-. The van der Waals surface area contributed by atoms with Crippen molar-refractivity contribution in [1.29, 1.82) is 0 Å². The zero-order valence-corrected chi connectivity index (χ0v) is 45.4. The maximum Gasteiger partial charge on any atom is 0.305 e. The van der Waals surface area contributed by atoms with Gasteiger partial charge < -0.3 is 20.3 Å². The van der Waals surface area contributed by atoms with Gasteiger partial charge in [0.25, 0.3) is 0 Å². The fraction of sp³-hybridized carbons (Fsp3) is 0.934. The van der Waals surface area contributed by atoms with Gasteiger partial charge in [-0.2, -0.15) is 0 Å². The summed E-state index contributed by atoms with van der Waals surface area (Å²) >= 11 is 0. The van der Waals surface area contributed by atoms with E-state index in [9.17, 15) is 19.8 Å². The third-order valence-corrected chi connectivity index (χ3v) is 14.3. The number of carbonyl (C=O) groups excluding carboxylic acids is 2. The van der Waals surface area contributed by atoms with Crippen molar-refractivity contribution < 1.29 is 24.5 Å². The van der Waals surface area contributed by atoms with E-state index < -0.39 is 12.1 Å². The molecule has 0 radical (unpaired) electrons. The minimum Gasteiger partial charge on any atom is -0.466 e. The molecule has 0 aromatic rings. The van der Waals surface area contributed by atoms with E-state index in [0.29, 0.717) is 25.9 Å². The van der Waals surface area contributed by atoms with Crippen LogP contribution < -0.4 is 5.32 Å². The number of amides is 1. The second kappa shape index (κ2) is 57.2. The molecule has 0 aliphatic heterocycles. The van der Waals surface area contributed by atoms with Crippen LogP contribution in [0.5, 0.6) is 0 Å². The largest absolute Gasteiger partial charge is 0.466 e. The van der Waals surface area contributed by atoms with Crippen LogP contribution in [0.3, 0.4) is 0 Å². The minimum atomic E-state index is -0.666. The van der Waals surface area contributed by atoms with E-state index in [1.165, 1.54) is 263 Å². The van der Waals surface area contributed by atoms with Gasteiger partial charge in [-0.1, -0.05) is 289 Å². The van der Waals surface area contributed by atoms with Gasteiger partial charge in [-0.15, -0.1) is 0 Å². The molecule has 0 heterocycles. The molecule has 0 rings (SSSR count). The number of hydrogen-bond acceptors (Lipinski definition) is 5. The Balaban J connectivity index is 3.38. The molecule has 2 atom stereocenters. The number of allylic oxidation sites excluding steroid dienone is 2. The fourth-order valence-electron chi connectivity index (χ4n) is 9.64. The van der Waals surface area contributed by atoms with Gasteiger partial charge in [-0.3, -0.25) is 9.59 Å². The van der Waals surface area contributed by atoms with Gasteiger partial charge in [-0.25, -0.2) is 0 Å². The van der Waals surface area contributed by atoms with Crippen molar-refractivity contribution in [2.45, 2.75) is 353 Å². The summed E-state index contributed by atoms with van der Waals surface area (Å²) in [5.41, 5.74) is 0. The van der Waals surface area contributed by atoms with Crippen LogP contribution in [0.4, 0.5) is 0 Å². The molecular formula is C61H119NO5. The van der Waals surface area contributed by atoms with Crippen molar-refractivity contribution in [1.82, 2.24) is 5.32 Å². The normalized spacial score (nSPS) is 12.6. The molecule has 1 amide bonds. The first-order valence-corrected chi connectivity index (χ1v) is 30.4. The van der Waals surface area contributed by atoms with E-state index in [-0.39, 0.29) is 18.5 Å². The van der Waals surface area contributed by atoms with Crippen LogP contribution in [0, 0.1) is 0 Å². The van der Waals surface area contributed by atoms with Crippen LogP contribution in [0.2, 0.25) is 0 Å². The smallest absolute Gasteiger partial charge is 0.305 e. The summed E-state index contributed by atoms with van der Waals surface area (Å²) in [7, 11) is 0. The molecule has 67 heavy (non-hydrogen) atoms. The lowest BCUT2D eigenvalue weighted by atomic mass is 10.0. The number of unbranched alkanes of at least 4 members (excludes halogenated alkanes) is 44. The number of hydrogen-bond donors (Lipinski definition) is 3. The van der Waals surface area contributed by atoms with Gasteiger partial charge in [0.1, 0.15) is 0 Å². The highest BCUT2D eigenvalue weighted by Gasteiger charge is 2.20. The Morgan fingerprint density at radius 2 is 0.701 bits per heavy atom. The van der Waals surface area contributed by atoms with Gasteiger partial charge in [0, 0.05) is 12.8 Å². The molecule has 0 spiro atoms. The summed E-state index contributed by atoms with van der Waals surface area (Å²) in [5.74, 6) is -0.0319. The summed E-state index contributed by atoms with van der Waals surface area (Å²) in [6, 6.07) is -0.543. The van der Waals surface area contributed by atoms with E-state index in [4.69, 9.17) is 4.74 Å². The van der Waals surface area contributed by atoms with Gasteiger partial charge in [0.2, 0.25) is 5.91 Å². The Labute approximate surface area is 419 Å². The van der Waals surface area contributed by atoms with Crippen LogP contribution in [0.1, 0.15) is 341 Å². The van der Waals surface area contributed by atoms with Gasteiger partial charge in [-0.05, 0) is 51.4 Å². The van der Waals surface area contributed by atoms with Crippen LogP contribution in [-0.2, 0) is 14.3 Å². The Morgan fingerprint density at radius 3 is 1.06 bits per heavy atom. The van der Waals surface area contributed by atoms with Crippen molar-refractivity contribution in [2.75, 3.05) is 13.2 Å². The van der Waals surface area contributed by atoms with Crippen molar-refractivity contribution in [2.24, 2.45) is 0 Å². The predicted octanol–water partition coefficient (Wildman–Crippen LogP) is 18.9. The average molecular weight is 947 g/mol. The zero-order chi connectivity index (χ0) is 48.6. The monoisotopic (exact) mass is 946 g/mol. The van der Waals surface area contributed by atoms with Gasteiger partial charge >= 0.3 is 5.97 Å². The number of nitrogens with one attached hydrogen (secondary N) is 1. The molecule has 6 heteroatoms. The first-order chi connectivity index (χ1) is 33.0. The second-order valence-electron chi connectivity index (χ2n) is 21.0. The van der Waals surface area contributed by atoms with Crippen molar-refractivity contribution in [3.8, 4) is 0 Å². The summed E-state index contributed by atoms with van der Waals surface area (Å²) < 4.78 is 5.49. The molecular weight excluding hydrogens is 827 g/mol. The first kappa shape index (κ1) is 65.6. The third-order valence-electron chi connectivity index (χ3n) is 14.3. The fourth-order valence-corrected chi connectivity index (χ4v) is 9.64. The van der Waals surface area contributed by atoms with Crippen LogP contribution in [0.15, 0.2) is 12.2 Å². The highest BCUT2D eigenvalue weighted by atomic mass is 16.5. The lowest BCUT2D eigenvalue weighted by Crippen LogP contribution is -2.45. The molecule has 0 saturated heterocycles. The zero-order valence-electron chi connectivity index (χ0n) is 45.4. The Bertz CT molecular complexity index is 1000. The summed E-state index contributed by atoms with van der Waals surface area (Å²) in [4.78, 5) is 24.6. The highest BCUT2D eigenvalue weighted by molar-refractivity contribution is 5.76. The van der Waals surface area contributed by atoms with E-state index in [0.717, 1.165) is 44.9 Å². The molecule has 0 bridgehead atoms. The average Bonchev–Trinajstić information content (AvgIpc) is 3.33. The van der Waals surface area contributed by atoms with Crippen molar-refractivity contribution >= 4 is 11.9 Å². The number of rotatable bonds is 57. The van der Waals surface area contributed by atoms with Crippen LogP contribution in [-0.4, -0.2) is 47.4 Å². The molecule has 0 fully saturated rings. The molecule has 0 saturated carbocycles. The second-order valence-corrected chi connectivity index (χ2v) is 21.0. The number of carbonyl (C=O) groups is 2. The SMILES string of the molecule is CCCCCCCCC/C=C\CCCCCCCCCC(=O)OCCCCCCCCCCCCCCCCCCCCC(=O)NC(CO)C(O)CCCCCCCCCCCCCCCC. The highest BCUT2D eigenvalue weighted by Crippen LogP contribution is 2.18. The number of aliphatic hydroxyl groups is 2. The molecule has 6 nitrogen and oxygen atoms in total. The summed E-state index contributed by atoms with van der Waals surface area (Å²) in [5, 5.41) is 23.3. The van der Waals surface area contributed by atoms with E-state index >= 15 is 0 Å². The topological polar surface area (TPSA) is 95.9 Å².